The normalized spacial score (nSPS) is 22.3. The van der Waals surface area contributed by atoms with Gasteiger partial charge in [-0.25, -0.2) is 22.5 Å². The number of hydrogen-bond acceptors (Lipinski definition) is 4. The summed E-state index contributed by atoms with van der Waals surface area (Å²) in [6.07, 6.45) is 3.15. The number of fused-ring (bicyclic) bond motifs is 3. The Bertz CT molecular complexity index is 1390. The van der Waals surface area contributed by atoms with Gasteiger partial charge in [-0.15, -0.1) is 0 Å². The summed E-state index contributed by atoms with van der Waals surface area (Å²) >= 11 is 0. The first-order valence-electron chi connectivity index (χ1n) is 11.1. The molecule has 2 fully saturated rings. The van der Waals surface area contributed by atoms with Crippen LogP contribution in [0.1, 0.15) is 43.7 Å². The Labute approximate surface area is 191 Å². The lowest BCUT2D eigenvalue weighted by Gasteiger charge is -2.30. The lowest BCUT2D eigenvalue weighted by molar-refractivity contribution is -0.127. The molecule has 0 saturated carbocycles. The molecule has 3 aromatic rings. The summed E-state index contributed by atoms with van der Waals surface area (Å²) in [6.45, 7) is -0.271. The van der Waals surface area contributed by atoms with E-state index in [1.165, 1.54) is 12.1 Å². The van der Waals surface area contributed by atoms with Crippen molar-refractivity contribution in [1.29, 1.82) is 0 Å². The fraction of sp³-hybridized carbons (Fsp3) is 0.375. The highest BCUT2D eigenvalue weighted by Gasteiger charge is 2.48. The lowest BCUT2D eigenvalue weighted by Crippen LogP contribution is -2.47. The van der Waals surface area contributed by atoms with E-state index in [0.29, 0.717) is 18.9 Å². The van der Waals surface area contributed by atoms with E-state index in [0.717, 1.165) is 35.6 Å². The van der Waals surface area contributed by atoms with Crippen molar-refractivity contribution >= 4 is 16.8 Å². The number of benzene rings is 2. The SMILES string of the molecule is O=C(NCc1ccc(F)cc1F)C(CC12CCC(CC1)O2)n1c(=O)[nH]c2ccc(F)cc2c1=O. The van der Waals surface area contributed by atoms with Gasteiger partial charge in [0.2, 0.25) is 5.91 Å². The predicted octanol–water partition coefficient (Wildman–Crippen LogP) is 3.07. The second-order valence-electron chi connectivity index (χ2n) is 8.97. The summed E-state index contributed by atoms with van der Waals surface area (Å²) < 4.78 is 48.0. The molecule has 0 aliphatic carbocycles. The molecule has 2 aliphatic rings. The maximum atomic E-state index is 14.1. The third-order valence-corrected chi connectivity index (χ3v) is 6.80. The Morgan fingerprint density at radius 3 is 2.50 bits per heavy atom. The van der Waals surface area contributed by atoms with E-state index in [9.17, 15) is 27.6 Å². The first kappa shape index (κ1) is 22.4. The van der Waals surface area contributed by atoms with Crippen LogP contribution in [0.3, 0.4) is 0 Å². The molecule has 1 unspecified atom stereocenters. The van der Waals surface area contributed by atoms with E-state index in [4.69, 9.17) is 4.74 Å². The minimum Gasteiger partial charge on any atom is -0.372 e. The molecule has 1 amide bonds. The summed E-state index contributed by atoms with van der Waals surface area (Å²) in [4.78, 5) is 42.0. The lowest BCUT2D eigenvalue weighted by atomic mass is 9.83. The molecule has 3 heterocycles. The number of rotatable bonds is 6. The fourth-order valence-electron chi connectivity index (χ4n) is 5.06. The Hall–Kier alpha value is -3.40. The first-order valence-corrected chi connectivity index (χ1v) is 11.1. The highest BCUT2D eigenvalue weighted by atomic mass is 19.1. The van der Waals surface area contributed by atoms with E-state index in [2.05, 4.69) is 10.3 Å². The molecule has 178 valence electrons. The predicted molar refractivity (Wildman–Crippen MR) is 117 cm³/mol. The zero-order valence-corrected chi connectivity index (χ0v) is 18.1. The van der Waals surface area contributed by atoms with Gasteiger partial charge < -0.3 is 15.0 Å². The van der Waals surface area contributed by atoms with E-state index >= 15 is 0 Å². The largest absolute Gasteiger partial charge is 0.372 e. The van der Waals surface area contributed by atoms with Crippen LogP contribution < -0.4 is 16.6 Å². The van der Waals surface area contributed by atoms with Crippen LogP contribution >= 0.6 is 0 Å². The summed E-state index contributed by atoms with van der Waals surface area (Å²) in [5.74, 6) is -2.93. The third-order valence-electron chi connectivity index (χ3n) is 6.80. The molecule has 10 heteroatoms. The molecule has 0 spiro atoms. The van der Waals surface area contributed by atoms with Crippen molar-refractivity contribution in [2.24, 2.45) is 0 Å². The van der Waals surface area contributed by atoms with Crippen LogP contribution in [0.25, 0.3) is 10.9 Å². The van der Waals surface area contributed by atoms with Crippen LogP contribution in [-0.2, 0) is 16.1 Å². The average molecular weight is 473 g/mol. The topological polar surface area (TPSA) is 93.2 Å². The van der Waals surface area contributed by atoms with E-state index in [1.54, 1.807) is 0 Å². The molecular formula is C24H22F3N3O4. The van der Waals surface area contributed by atoms with Crippen molar-refractivity contribution in [3.05, 3.63) is 80.3 Å². The standard InChI is InChI=1S/C24H22F3N3O4/c25-14-3-4-19-17(9-14)22(32)30(23(33)29-19)20(11-24-7-5-16(34-24)6-8-24)21(31)28-12-13-1-2-15(26)10-18(13)27/h1-4,9-10,16,20H,5-8,11-12H2,(H,28,31)(H,29,33). The Kier molecular flexibility index (Phi) is 5.55. The molecule has 2 aromatic carbocycles. The molecule has 7 nitrogen and oxygen atoms in total. The number of ether oxygens (including phenoxy) is 1. The maximum absolute atomic E-state index is 14.1. The highest BCUT2D eigenvalue weighted by molar-refractivity contribution is 5.82. The van der Waals surface area contributed by atoms with Crippen LogP contribution in [-0.4, -0.2) is 27.2 Å². The molecule has 1 atom stereocenters. The molecule has 0 radical (unpaired) electrons. The average Bonchev–Trinajstić information content (AvgIpc) is 3.39. The fourth-order valence-corrected chi connectivity index (χ4v) is 5.06. The quantitative estimate of drug-likeness (QED) is 0.576. The van der Waals surface area contributed by atoms with Gasteiger partial charge in [-0.3, -0.25) is 9.59 Å². The van der Waals surface area contributed by atoms with E-state index in [-0.39, 0.29) is 35.5 Å². The van der Waals surface area contributed by atoms with Crippen molar-refractivity contribution in [3.63, 3.8) is 0 Å². The molecule has 34 heavy (non-hydrogen) atoms. The third kappa shape index (κ3) is 4.02. The van der Waals surface area contributed by atoms with Crippen molar-refractivity contribution in [2.75, 3.05) is 0 Å². The summed E-state index contributed by atoms with van der Waals surface area (Å²) in [5, 5.41) is 2.48. The van der Waals surface area contributed by atoms with Crippen molar-refractivity contribution in [2.45, 2.75) is 56.4 Å². The zero-order valence-electron chi connectivity index (χ0n) is 18.1. The number of halogens is 3. The van der Waals surface area contributed by atoms with Gasteiger partial charge in [0.1, 0.15) is 23.5 Å². The highest BCUT2D eigenvalue weighted by Crippen LogP contribution is 2.47. The number of aromatic amines is 1. The van der Waals surface area contributed by atoms with Gasteiger partial charge in [0.15, 0.2) is 0 Å². The number of aromatic nitrogens is 2. The Morgan fingerprint density at radius 1 is 1.12 bits per heavy atom. The number of amides is 1. The Balaban J connectivity index is 1.53. The van der Waals surface area contributed by atoms with Gasteiger partial charge in [0.05, 0.1) is 22.6 Å². The molecular weight excluding hydrogens is 451 g/mol. The minimum absolute atomic E-state index is 0.0477. The Morgan fingerprint density at radius 2 is 1.82 bits per heavy atom. The molecule has 2 N–H and O–H groups in total. The van der Waals surface area contributed by atoms with Gasteiger partial charge in [-0.2, -0.15) is 0 Å². The summed E-state index contributed by atoms with van der Waals surface area (Å²) in [7, 11) is 0. The molecule has 2 saturated heterocycles. The first-order chi connectivity index (χ1) is 16.2. The number of carbonyl (C=O) groups is 1. The van der Waals surface area contributed by atoms with E-state index < -0.39 is 46.3 Å². The van der Waals surface area contributed by atoms with Crippen molar-refractivity contribution in [1.82, 2.24) is 14.9 Å². The maximum Gasteiger partial charge on any atom is 0.329 e. The van der Waals surface area contributed by atoms with Crippen LogP contribution in [0.4, 0.5) is 13.2 Å². The van der Waals surface area contributed by atoms with Crippen LogP contribution in [0, 0.1) is 17.5 Å². The van der Waals surface area contributed by atoms with Crippen LogP contribution in [0.5, 0.6) is 0 Å². The van der Waals surface area contributed by atoms with Crippen LogP contribution in [0.2, 0.25) is 0 Å². The molecule has 1 aromatic heterocycles. The van der Waals surface area contributed by atoms with Gasteiger partial charge in [-0.1, -0.05) is 6.07 Å². The monoisotopic (exact) mass is 473 g/mol. The van der Waals surface area contributed by atoms with Crippen LogP contribution in [0.15, 0.2) is 46.0 Å². The smallest absolute Gasteiger partial charge is 0.329 e. The van der Waals surface area contributed by atoms with Gasteiger partial charge >= 0.3 is 5.69 Å². The molecule has 2 bridgehead atoms. The van der Waals surface area contributed by atoms with Gasteiger partial charge in [0, 0.05) is 24.6 Å². The number of H-pyrrole nitrogens is 1. The van der Waals surface area contributed by atoms with E-state index in [1.807, 2.05) is 0 Å². The van der Waals surface area contributed by atoms with Crippen molar-refractivity contribution < 1.29 is 22.7 Å². The van der Waals surface area contributed by atoms with Gasteiger partial charge in [-0.05, 0) is 49.9 Å². The summed E-state index contributed by atoms with van der Waals surface area (Å²) in [5.41, 5.74) is -2.09. The molecule has 2 aliphatic heterocycles. The van der Waals surface area contributed by atoms with Gasteiger partial charge in [0.25, 0.3) is 5.56 Å². The zero-order chi connectivity index (χ0) is 24.0. The number of nitrogens with zero attached hydrogens (tertiary/aromatic N) is 1. The van der Waals surface area contributed by atoms with Crippen molar-refractivity contribution in [3.8, 4) is 0 Å². The second-order valence-corrected chi connectivity index (χ2v) is 8.97. The summed E-state index contributed by atoms with van der Waals surface area (Å²) in [6, 6.07) is 5.11. The number of hydrogen-bond donors (Lipinski definition) is 2. The molecule has 5 rings (SSSR count). The second kappa shape index (κ2) is 8.43. The number of carbonyl (C=O) groups excluding carboxylic acids is 1. The number of nitrogens with one attached hydrogen (secondary N) is 2. The minimum atomic E-state index is -1.27.